The predicted molar refractivity (Wildman–Crippen MR) is 42.7 cm³/mol. The van der Waals surface area contributed by atoms with Crippen molar-refractivity contribution in [3.8, 4) is 0 Å². The standard InChI is InChI=1S/C9H17N/c10-9-6-2-5-8(9)7-3-1-4-7/h7-9H,1-6,10H2/t8-,9-/m0/s1. The minimum Gasteiger partial charge on any atom is -0.327 e. The Morgan fingerprint density at radius 1 is 0.900 bits per heavy atom. The van der Waals surface area contributed by atoms with Gasteiger partial charge in [0.25, 0.3) is 0 Å². The molecule has 2 aliphatic carbocycles. The van der Waals surface area contributed by atoms with Crippen molar-refractivity contribution in [3.63, 3.8) is 0 Å². The van der Waals surface area contributed by atoms with Crippen LogP contribution in [0.2, 0.25) is 0 Å². The van der Waals surface area contributed by atoms with Crippen molar-refractivity contribution < 1.29 is 0 Å². The molecule has 2 rings (SSSR count). The van der Waals surface area contributed by atoms with Crippen molar-refractivity contribution in [2.45, 2.75) is 44.6 Å². The van der Waals surface area contributed by atoms with Crippen LogP contribution in [0.3, 0.4) is 0 Å². The van der Waals surface area contributed by atoms with Crippen molar-refractivity contribution in [1.82, 2.24) is 0 Å². The molecular weight excluding hydrogens is 122 g/mol. The van der Waals surface area contributed by atoms with Crippen LogP contribution in [0.1, 0.15) is 38.5 Å². The second kappa shape index (κ2) is 2.54. The van der Waals surface area contributed by atoms with Crippen molar-refractivity contribution in [2.24, 2.45) is 17.6 Å². The molecule has 0 aromatic carbocycles. The highest BCUT2D eigenvalue weighted by atomic mass is 14.7. The Morgan fingerprint density at radius 2 is 1.60 bits per heavy atom. The normalized spacial score (nSPS) is 41.7. The highest BCUT2D eigenvalue weighted by molar-refractivity contribution is 4.88. The number of rotatable bonds is 1. The van der Waals surface area contributed by atoms with E-state index in [9.17, 15) is 0 Å². The van der Waals surface area contributed by atoms with Gasteiger partial charge >= 0.3 is 0 Å². The van der Waals surface area contributed by atoms with E-state index in [0.29, 0.717) is 6.04 Å². The summed E-state index contributed by atoms with van der Waals surface area (Å²) in [7, 11) is 0. The highest BCUT2D eigenvalue weighted by Crippen LogP contribution is 2.41. The summed E-state index contributed by atoms with van der Waals surface area (Å²) in [4.78, 5) is 0. The molecule has 58 valence electrons. The summed E-state index contributed by atoms with van der Waals surface area (Å²) in [6, 6.07) is 0.560. The van der Waals surface area contributed by atoms with E-state index in [0.717, 1.165) is 11.8 Å². The maximum absolute atomic E-state index is 5.99. The lowest BCUT2D eigenvalue weighted by Crippen LogP contribution is -2.33. The Hall–Kier alpha value is -0.0400. The molecule has 2 aliphatic rings. The molecule has 0 amide bonds. The fourth-order valence-corrected chi connectivity index (χ4v) is 2.47. The van der Waals surface area contributed by atoms with Gasteiger partial charge in [0.2, 0.25) is 0 Å². The third kappa shape index (κ3) is 0.968. The van der Waals surface area contributed by atoms with E-state index in [4.69, 9.17) is 5.73 Å². The summed E-state index contributed by atoms with van der Waals surface area (Å²) < 4.78 is 0. The Labute approximate surface area is 63.0 Å². The van der Waals surface area contributed by atoms with Gasteiger partial charge in [0.15, 0.2) is 0 Å². The molecule has 0 unspecified atom stereocenters. The van der Waals surface area contributed by atoms with Gasteiger partial charge in [-0.2, -0.15) is 0 Å². The van der Waals surface area contributed by atoms with Crippen LogP contribution >= 0.6 is 0 Å². The largest absolute Gasteiger partial charge is 0.327 e. The number of hydrogen-bond donors (Lipinski definition) is 1. The lowest BCUT2D eigenvalue weighted by Gasteiger charge is -2.33. The van der Waals surface area contributed by atoms with E-state index in [-0.39, 0.29) is 0 Å². The smallest absolute Gasteiger partial charge is 0.00698 e. The van der Waals surface area contributed by atoms with E-state index in [2.05, 4.69) is 0 Å². The van der Waals surface area contributed by atoms with Crippen LogP contribution in [0, 0.1) is 11.8 Å². The van der Waals surface area contributed by atoms with Gasteiger partial charge in [-0.3, -0.25) is 0 Å². The van der Waals surface area contributed by atoms with Gasteiger partial charge in [-0.25, -0.2) is 0 Å². The quantitative estimate of drug-likeness (QED) is 0.590. The minimum atomic E-state index is 0.560. The minimum absolute atomic E-state index is 0.560. The topological polar surface area (TPSA) is 26.0 Å². The van der Waals surface area contributed by atoms with Crippen molar-refractivity contribution in [2.75, 3.05) is 0 Å². The molecule has 0 aromatic rings. The zero-order valence-electron chi connectivity index (χ0n) is 6.55. The van der Waals surface area contributed by atoms with E-state index >= 15 is 0 Å². The first-order chi connectivity index (χ1) is 4.88. The predicted octanol–water partition coefficient (Wildman–Crippen LogP) is 1.91. The van der Waals surface area contributed by atoms with Crippen LogP contribution in [0.5, 0.6) is 0 Å². The first kappa shape index (κ1) is 6.66. The molecular formula is C9H17N. The SMILES string of the molecule is N[C@H]1CCC[C@H]1C1CCC1. The molecule has 0 aromatic heterocycles. The lowest BCUT2D eigenvalue weighted by molar-refractivity contribution is 0.194. The van der Waals surface area contributed by atoms with Crippen molar-refractivity contribution >= 4 is 0 Å². The molecule has 0 bridgehead atoms. The average molecular weight is 139 g/mol. The summed E-state index contributed by atoms with van der Waals surface area (Å²) in [5.41, 5.74) is 5.99. The van der Waals surface area contributed by atoms with Gasteiger partial charge in [-0.15, -0.1) is 0 Å². The van der Waals surface area contributed by atoms with Crippen molar-refractivity contribution in [1.29, 1.82) is 0 Å². The molecule has 10 heavy (non-hydrogen) atoms. The zero-order chi connectivity index (χ0) is 6.97. The molecule has 2 N–H and O–H groups in total. The first-order valence-electron chi connectivity index (χ1n) is 4.63. The molecule has 2 fully saturated rings. The van der Waals surface area contributed by atoms with Crippen LogP contribution in [-0.2, 0) is 0 Å². The van der Waals surface area contributed by atoms with Gasteiger partial charge in [-0.1, -0.05) is 25.7 Å². The van der Waals surface area contributed by atoms with Gasteiger partial charge in [0, 0.05) is 6.04 Å². The average Bonchev–Trinajstić information content (AvgIpc) is 2.12. The fraction of sp³-hybridized carbons (Fsp3) is 1.00. The fourth-order valence-electron chi connectivity index (χ4n) is 2.47. The Morgan fingerprint density at radius 3 is 2.00 bits per heavy atom. The zero-order valence-corrected chi connectivity index (χ0v) is 6.55. The highest BCUT2D eigenvalue weighted by Gasteiger charge is 2.34. The van der Waals surface area contributed by atoms with E-state index in [1.807, 2.05) is 0 Å². The summed E-state index contributed by atoms with van der Waals surface area (Å²) in [6.07, 6.45) is 8.51. The van der Waals surface area contributed by atoms with Gasteiger partial charge < -0.3 is 5.73 Å². The van der Waals surface area contributed by atoms with Gasteiger partial charge in [0.1, 0.15) is 0 Å². The van der Waals surface area contributed by atoms with Crippen LogP contribution in [0.15, 0.2) is 0 Å². The Bertz CT molecular complexity index is 118. The molecule has 2 atom stereocenters. The second-order valence-electron chi connectivity index (χ2n) is 3.95. The maximum atomic E-state index is 5.99. The molecule has 0 heterocycles. The van der Waals surface area contributed by atoms with E-state index in [1.54, 1.807) is 0 Å². The Balaban J connectivity index is 1.90. The second-order valence-corrected chi connectivity index (χ2v) is 3.95. The first-order valence-corrected chi connectivity index (χ1v) is 4.63. The Kier molecular flexibility index (Phi) is 1.69. The summed E-state index contributed by atoms with van der Waals surface area (Å²) in [6.45, 7) is 0. The molecule has 2 saturated carbocycles. The summed E-state index contributed by atoms with van der Waals surface area (Å²) in [5, 5.41) is 0. The lowest BCUT2D eigenvalue weighted by atomic mass is 9.74. The summed E-state index contributed by atoms with van der Waals surface area (Å²) in [5.74, 6) is 1.94. The van der Waals surface area contributed by atoms with Crippen LogP contribution in [0.25, 0.3) is 0 Å². The van der Waals surface area contributed by atoms with E-state index in [1.165, 1.54) is 38.5 Å². The third-order valence-electron chi connectivity index (χ3n) is 3.38. The van der Waals surface area contributed by atoms with Crippen molar-refractivity contribution in [3.05, 3.63) is 0 Å². The van der Waals surface area contributed by atoms with E-state index < -0.39 is 0 Å². The summed E-state index contributed by atoms with van der Waals surface area (Å²) >= 11 is 0. The number of nitrogens with two attached hydrogens (primary N) is 1. The molecule has 0 saturated heterocycles. The van der Waals surface area contributed by atoms with Crippen LogP contribution in [-0.4, -0.2) is 6.04 Å². The molecule has 0 radical (unpaired) electrons. The number of hydrogen-bond acceptors (Lipinski definition) is 1. The molecule has 0 aliphatic heterocycles. The third-order valence-corrected chi connectivity index (χ3v) is 3.38. The van der Waals surface area contributed by atoms with Crippen LogP contribution < -0.4 is 5.73 Å². The van der Waals surface area contributed by atoms with Gasteiger partial charge in [0.05, 0.1) is 0 Å². The molecule has 0 spiro atoms. The molecule has 1 nitrogen and oxygen atoms in total. The maximum Gasteiger partial charge on any atom is 0.00698 e. The van der Waals surface area contributed by atoms with Crippen LogP contribution in [0.4, 0.5) is 0 Å². The monoisotopic (exact) mass is 139 g/mol. The molecule has 1 heteroatoms. The van der Waals surface area contributed by atoms with Gasteiger partial charge in [-0.05, 0) is 24.7 Å².